The van der Waals surface area contributed by atoms with Crippen molar-refractivity contribution in [1.82, 2.24) is 9.29 Å². The van der Waals surface area contributed by atoms with Gasteiger partial charge in [-0.05, 0) is 43.5 Å². The van der Waals surface area contributed by atoms with E-state index in [1.54, 1.807) is 28.7 Å². The Hall–Kier alpha value is -1.54. The highest BCUT2D eigenvalue weighted by Crippen LogP contribution is 2.36. The molecule has 3 heterocycles. The lowest BCUT2D eigenvalue weighted by molar-refractivity contribution is -0.0310. The van der Waals surface area contributed by atoms with Crippen molar-refractivity contribution in [2.24, 2.45) is 5.73 Å². The quantitative estimate of drug-likeness (QED) is 0.890. The Morgan fingerprint density at radius 1 is 1.25 bits per heavy atom. The maximum atomic E-state index is 12.9. The Balaban J connectivity index is 1.56. The van der Waals surface area contributed by atoms with E-state index in [2.05, 4.69) is 4.98 Å². The second kappa shape index (κ2) is 5.77. The highest BCUT2D eigenvalue weighted by atomic mass is 32.2. The predicted molar refractivity (Wildman–Crippen MR) is 91.0 cm³/mol. The number of fused-ring (bicyclic) bond motifs is 1. The summed E-state index contributed by atoms with van der Waals surface area (Å²) in [7, 11) is -3.49. The van der Waals surface area contributed by atoms with Gasteiger partial charge in [0.15, 0.2) is 0 Å². The van der Waals surface area contributed by atoms with E-state index in [1.807, 2.05) is 12.1 Å². The molecule has 1 spiro atoms. The van der Waals surface area contributed by atoms with Crippen molar-refractivity contribution in [2.75, 3.05) is 19.7 Å². The Bertz CT molecular complexity index is 860. The van der Waals surface area contributed by atoms with Gasteiger partial charge in [0.2, 0.25) is 10.0 Å². The van der Waals surface area contributed by atoms with Crippen molar-refractivity contribution >= 4 is 20.9 Å². The number of hydrogen-bond donors (Lipinski definition) is 1. The van der Waals surface area contributed by atoms with Gasteiger partial charge in [-0.25, -0.2) is 8.42 Å². The molecule has 0 radical (unpaired) electrons. The number of sulfonamides is 1. The summed E-state index contributed by atoms with van der Waals surface area (Å²) in [5.41, 5.74) is 6.51. The molecule has 0 saturated carbocycles. The van der Waals surface area contributed by atoms with E-state index in [0.29, 0.717) is 37.4 Å². The van der Waals surface area contributed by atoms with Crippen LogP contribution < -0.4 is 5.73 Å². The van der Waals surface area contributed by atoms with E-state index >= 15 is 0 Å². The van der Waals surface area contributed by atoms with Crippen LogP contribution in [0.4, 0.5) is 0 Å². The van der Waals surface area contributed by atoms with Gasteiger partial charge < -0.3 is 10.5 Å². The van der Waals surface area contributed by atoms with Gasteiger partial charge >= 0.3 is 0 Å². The van der Waals surface area contributed by atoms with Gasteiger partial charge in [0.1, 0.15) is 0 Å². The predicted octanol–water partition coefficient (Wildman–Crippen LogP) is 1.51. The first-order valence-corrected chi connectivity index (χ1v) is 9.67. The van der Waals surface area contributed by atoms with Gasteiger partial charge in [-0.3, -0.25) is 4.98 Å². The number of rotatable bonds is 2. The van der Waals surface area contributed by atoms with E-state index in [4.69, 9.17) is 10.5 Å². The van der Waals surface area contributed by atoms with E-state index < -0.39 is 10.0 Å². The second-order valence-electron chi connectivity index (χ2n) is 6.72. The zero-order chi connectivity index (χ0) is 16.8. The Morgan fingerprint density at radius 3 is 2.75 bits per heavy atom. The number of pyridine rings is 1. The third-order valence-electron chi connectivity index (χ3n) is 5.08. The summed E-state index contributed by atoms with van der Waals surface area (Å²) >= 11 is 0. The van der Waals surface area contributed by atoms with Crippen molar-refractivity contribution in [3.8, 4) is 0 Å². The first-order valence-electron chi connectivity index (χ1n) is 8.23. The van der Waals surface area contributed by atoms with Gasteiger partial charge in [-0.1, -0.05) is 6.07 Å². The molecule has 128 valence electrons. The number of nitrogens with zero attached hydrogens (tertiary/aromatic N) is 2. The Kier molecular flexibility index (Phi) is 3.84. The summed E-state index contributed by atoms with van der Waals surface area (Å²) in [6, 6.07) is 8.85. The summed E-state index contributed by atoms with van der Waals surface area (Å²) in [4.78, 5) is 4.56. The molecule has 2 aromatic rings. The van der Waals surface area contributed by atoms with Crippen LogP contribution in [0.25, 0.3) is 10.9 Å². The molecule has 7 heteroatoms. The van der Waals surface area contributed by atoms with Crippen molar-refractivity contribution < 1.29 is 13.2 Å². The van der Waals surface area contributed by atoms with Crippen molar-refractivity contribution in [2.45, 2.75) is 35.8 Å². The van der Waals surface area contributed by atoms with E-state index in [0.717, 1.165) is 17.3 Å². The van der Waals surface area contributed by atoms with Crippen LogP contribution in [0.2, 0.25) is 0 Å². The van der Waals surface area contributed by atoms with Gasteiger partial charge in [0.05, 0.1) is 22.6 Å². The standard InChI is InChI=1S/C17H21N3O3S/c18-14-11-17(23-12-14)5-8-20(9-6-17)24(21,22)15-3-4-16-13(10-15)2-1-7-19-16/h1-4,7,10,14H,5-6,8-9,11-12,18H2/t14-/m1/s1. The zero-order valence-electron chi connectivity index (χ0n) is 13.4. The molecule has 0 aliphatic carbocycles. The summed E-state index contributed by atoms with van der Waals surface area (Å²) in [5, 5.41) is 0.831. The number of nitrogens with two attached hydrogens (primary N) is 1. The van der Waals surface area contributed by atoms with Crippen LogP contribution in [0.3, 0.4) is 0 Å². The Labute approximate surface area is 141 Å². The topological polar surface area (TPSA) is 85.5 Å². The molecule has 0 bridgehead atoms. The average molecular weight is 347 g/mol. The molecule has 1 aromatic carbocycles. The zero-order valence-corrected chi connectivity index (χ0v) is 14.2. The lowest BCUT2D eigenvalue weighted by atomic mass is 9.88. The monoisotopic (exact) mass is 347 g/mol. The lowest BCUT2D eigenvalue weighted by Crippen LogP contribution is -2.46. The minimum Gasteiger partial charge on any atom is -0.373 e. The smallest absolute Gasteiger partial charge is 0.243 e. The van der Waals surface area contributed by atoms with E-state index in [-0.39, 0.29) is 11.6 Å². The van der Waals surface area contributed by atoms with Gasteiger partial charge in [-0.2, -0.15) is 4.31 Å². The van der Waals surface area contributed by atoms with Crippen LogP contribution >= 0.6 is 0 Å². The third kappa shape index (κ3) is 2.71. The molecular weight excluding hydrogens is 326 g/mol. The number of hydrogen-bond acceptors (Lipinski definition) is 5. The summed E-state index contributed by atoms with van der Waals surface area (Å²) in [5.74, 6) is 0. The molecular formula is C17H21N3O3S. The van der Waals surface area contributed by atoms with Crippen LogP contribution in [0.1, 0.15) is 19.3 Å². The fraction of sp³-hybridized carbons (Fsp3) is 0.471. The summed E-state index contributed by atoms with van der Waals surface area (Å²) < 4.78 is 33.3. The van der Waals surface area contributed by atoms with Gasteiger partial charge in [0.25, 0.3) is 0 Å². The maximum Gasteiger partial charge on any atom is 0.243 e. The van der Waals surface area contributed by atoms with Crippen molar-refractivity contribution in [3.05, 3.63) is 36.5 Å². The molecule has 2 aliphatic rings. The number of benzene rings is 1. The van der Waals surface area contributed by atoms with Crippen LogP contribution in [0, 0.1) is 0 Å². The SMILES string of the molecule is N[C@H]1COC2(CCN(S(=O)(=O)c3ccc4ncccc4c3)CC2)C1. The fourth-order valence-corrected chi connectivity index (χ4v) is 5.20. The lowest BCUT2D eigenvalue weighted by Gasteiger charge is -2.37. The molecule has 2 N–H and O–H groups in total. The number of ether oxygens (including phenoxy) is 1. The van der Waals surface area contributed by atoms with E-state index in [9.17, 15) is 8.42 Å². The highest BCUT2D eigenvalue weighted by molar-refractivity contribution is 7.89. The molecule has 24 heavy (non-hydrogen) atoms. The molecule has 4 rings (SSSR count). The van der Waals surface area contributed by atoms with Crippen LogP contribution in [-0.2, 0) is 14.8 Å². The highest BCUT2D eigenvalue weighted by Gasteiger charge is 2.43. The average Bonchev–Trinajstić information content (AvgIpc) is 2.95. The molecule has 2 aliphatic heterocycles. The van der Waals surface area contributed by atoms with Crippen LogP contribution in [0.15, 0.2) is 41.4 Å². The largest absolute Gasteiger partial charge is 0.373 e. The fourth-order valence-electron chi connectivity index (χ4n) is 3.73. The van der Waals surface area contributed by atoms with Gasteiger partial charge in [0, 0.05) is 30.7 Å². The van der Waals surface area contributed by atoms with Crippen LogP contribution in [0.5, 0.6) is 0 Å². The van der Waals surface area contributed by atoms with E-state index in [1.165, 1.54) is 0 Å². The number of piperidine rings is 1. The number of aromatic nitrogens is 1. The molecule has 6 nitrogen and oxygen atoms in total. The summed E-state index contributed by atoms with van der Waals surface area (Å²) in [6.45, 7) is 1.52. The minimum absolute atomic E-state index is 0.0705. The third-order valence-corrected chi connectivity index (χ3v) is 6.98. The summed E-state index contributed by atoms with van der Waals surface area (Å²) in [6.07, 6.45) is 3.93. The minimum atomic E-state index is -3.49. The van der Waals surface area contributed by atoms with Gasteiger partial charge in [-0.15, -0.1) is 0 Å². The molecule has 0 amide bonds. The second-order valence-corrected chi connectivity index (χ2v) is 8.66. The maximum absolute atomic E-state index is 12.9. The molecule has 1 aromatic heterocycles. The molecule has 2 fully saturated rings. The molecule has 2 saturated heterocycles. The van der Waals surface area contributed by atoms with Crippen molar-refractivity contribution in [1.29, 1.82) is 0 Å². The van der Waals surface area contributed by atoms with Crippen molar-refractivity contribution in [3.63, 3.8) is 0 Å². The first-order chi connectivity index (χ1) is 11.5. The molecule has 1 atom stereocenters. The Morgan fingerprint density at radius 2 is 2.04 bits per heavy atom. The molecule has 0 unspecified atom stereocenters. The first kappa shape index (κ1) is 16.0. The normalized spacial score (nSPS) is 24.6. The van der Waals surface area contributed by atoms with Crippen LogP contribution in [-0.4, -0.2) is 49.0 Å².